The molecule has 0 aliphatic carbocycles. The molecule has 0 saturated carbocycles. The van der Waals surface area contributed by atoms with Crippen molar-refractivity contribution in [2.75, 3.05) is 11.5 Å². The van der Waals surface area contributed by atoms with Gasteiger partial charge in [0.2, 0.25) is 11.3 Å². The summed E-state index contributed by atoms with van der Waals surface area (Å²) in [6, 6.07) is 6.66. The molecule has 26 heavy (non-hydrogen) atoms. The van der Waals surface area contributed by atoms with E-state index >= 15 is 0 Å². The second kappa shape index (κ2) is 7.19. The van der Waals surface area contributed by atoms with Crippen LogP contribution in [0.1, 0.15) is 26.7 Å². The molecule has 1 aromatic heterocycles. The maximum atomic E-state index is 13.0. The summed E-state index contributed by atoms with van der Waals surface area (Å²) >= 11 is 0. The second-order valence-corrected chi connectivity index (χ2v) is 9.03. The molecule has 1 saturated heterocycles. The van der Waals surface area contributed by atoms with Gasteiger partial charge in [-0.3, -0.25) is 14.3 Å². The summed E-state index contributed by atoms with van der Waals surface area (Å²) in [6.45, 7) is 3.88. The highest BCUT2D eigenvalue weighted by atomic mass is 32.2. The predicted molar refractivity (Wildman–Crippen MR) is 99.7 cm³/mol. The van der Waals surface area contributed by atoms with Gasteiger partial charge >= 0.3 is 0 Å². The summed E-state index contributed by atoms with van der Waals surface area (Å²) in [5, 5.41) is 4.62. The minimum absolute atomic E-state index is 0.0153. The van der Waals surface area contributed by atoms with Crippen molar-refractivity contribution < 1.29 is 13.2 Å². The Balaban J connectivity index is 1.92. The van der Waals surface area contributed by atoms with Crippen molar-refractivity contribution in [2.45, 2.75) is 45.3 Å². The SMILES string of the molecule is CC[C@@H](C)N(C(=O)Cn1ncc(=O)c2ccccc21)[C@H]1CCS(=O)(=O)C1. The zero-order chi connectivity index (χ0) is 18.9. The van der Waals surface area contributed by atoms with E-state index < -0.39 is 9.84 Å². The number of para-hydroxylation sites is 1. The van der Waals surface area contributed by atoms with Gasteiger partial charge in [-0.1, -0.05) is 19.1 Å². The number of hydrogen-bond donors (Lipinski definition) is 0. The van der Waals surface area contributed by atoms with E-state index in [1.807, 2.05) is 13.8 Å². The number of fused-ring (bicyclic) bond motifs is 1. The zero-order valence-electron chi connectivity index (χ0n) is 15.0. The van der Waals surface area contributed by atoms with Crippen LogP contribution in [0.4, 0.5) is 0 Å². The standard InChI is InChI=1S/C18H23N3O4S/c1-3-13(2)21(14-8-9-26(24,25)12-14)18(23)11-20-16-7-5-4-6-15(16)17(22)10-19-20/h4-7,10,13-14H,3,8-9,11-12H2,1-2H3/t13-,14+/m1/s1. The molecular weight excluding hydrogens is 354 g/mol. The Labute approximate surface area is 152 Å². The number of sulfone groups is 1. The van der Waals surface area contributed by atoms with Crippen LogP contribution in [0, 0.1) is 0 Å². The summed E-state index contributed by atoms with van der Waals surface area (Å²) in [5.74, 6) is -0.0406. The molecule has 8 heteroatoms. The molecule has 7 nitrogen and oxygen atoms in total. The molecule has 0 spiro atoms. The maximum Gasteiger partial charge on any atom is 0.244 e. The minimum Gasteiger partial charge on any atom is -0.334 e. The lowest BCUT2D eigenvalue weighted by molar-refractivity contribution is -0.136. The van der Waals surface area contributed by atoms with Gasteiger partial charge in [-0.2, -0.15) is 5.10 Å². The van der Waals surface area contributed by atoms with Crippen molar-refractivity contribution in [2.24, 2.45) is 0 Å². The Morgan fingerprint density at radius 3 is 2.77 bits per heavy atom. The average Bonchev–Trinajstić information content (AvgIpc) is 2.97. The fourth-order valence-corrected chi connectivity index (χ4v) is 5.21. The normalized spacial score (nSPS) is 20.2. The lowest BCUT2D eigenvalue weighted by atomic mass is 10.1. The van der Waals surface area contributed by atoms with E-state index in [4.69, 9.17) is 0 Å². The smallest absolute Gasteiger partial charge is 0.244 e. The molecular formula is C18H23N3O4S. The van der Waals surface area contributed by atoms with Crippen LogP contribution in [0.3, 0.4) is 0 Å². The Morgan fingerprint density at radius 1 is 1.38 bits per heavy atom. The molecule has 1 fully saturated rings. The molecule has 1 aliphatic heterocycles. The molecule has 140 valence electrons. The van der Waals surface area contributed by atoms with Crippen LogP contribution >= 0.6 is 0 Å². The van der Waals surface area contributed by atoms with E-state index in [2.05, 4.69) is 5.10 Å². The zero-order valence-corrected chi connectivity index (χ0v) is 15.8. The number of carbonyl (C=O) groups excluding carboxylic acids is 1. The third-order valence-corrected chi connectivity index (χ3v) is 6.75. The maximum absolute atomic E-state index is 13.0. The van der Waals surface area contributed by atoms with Gasteiger partial charge in [-0.15, -0.1) is 0 Å². The molecule has 3 rings (SSSR count). The Bertz CT molecular complexity index is 983. The van der Waals surface area contributed by atoms with Crippen molar-refractivity contribution in [3.8, 4) is 0 Å². The quantitative estimate of drug-likeness (QED) is 0.781. The highest BCUT2D eigenvalue weighted by molar-refractivity contribution is 7.91. The summed E-state index contributed by atoms with van der Waals surface area (Å²) in [7, 11) is -3.09. The summed E-state index contributed by atoms with van der Waals surface area (Å²) in [6.07, 6.45) is 2.42. The van der Waals surface area contributed by atoms with Crippen LogP contribution in [-0.4, -0.2) is 52.6 Å². The molecule has 2 atom stereocenters. The van der Waals surface area contributed by atoms with E-state index in [0.717, 1.165) is 6.42 Å². The van der Waals surface area contributed by atoms with Crippen molar-refractivity contribution in [1.82, 2.24) is 14.7 Å². The Morgan fingerprint density at radius 2 is 2.12 bits per heavy atom. The molecule has 0 unspecified atom stereocenters. The van der Waals surface area contributed by atoms with E-state index in [1.54, 1.807) is 29.2 Å². The molecule has 0 N–H and O–H groups in total. The van der Waals surface area contributed by atoms with Gasteiger partial charge in [0.1, 0.15) is 6.54 Å². The van der Waals surface area contributed by atoms with Gasteiger partial charge in [0.25, 0.3) is 0 Å². The number of aromatic nitrogens is 2. The molecule has 1 amide bonds. The molecule has 2 heterocycles. The van der Waals surface area contributed by atoms with Crippen LogP contribution in [0.15, 0.2) is 35.3 Å². The molecule has 1 aliphatic rings. The van der Waals surface area contributed by atoms with Crippen LogP contribution in [-0.2, 0) is 21.2 Å². The number of benzene rings is 1. The first-order valence-electron chi connectivity index (χ1n) is 8.79. The largest absolute Gasteiger partial charge is 0.334 e. The van der Waals surface area contributed by atoms with E-state index in [-0.39, 0.29) is 41.5 Å². The van der Waals surface area contributed by atoms with Crippen LogP contribution in [0.2, 0.25) is 0 Å². The minimum atomic E-state index is -3.09. The van der Waals surface area contributed by atoms with Gasteiger partial charge in [0.05, 0.1) is 23.2 Å². The summed E-state index contributed by atoms with van der Waals surface area (Å²) in [5.41, 5.74) is 0.404. The Hall–Kier alpha value is -2.22. The molecule has 0 radical (unpaired) electrons. The van der Waals surface area contributed by atoms with Crippen molar-refractivity contribution in [3.05, 3.63) is 40.7 Å². The third-order valence-electron chi connectivity index (χ3n) is 5.00. The number of nitrogens with zero attached hydrogens (tertiary/aromatic N) is 3. The first-order chi connectivity index (χ1) is 12.3. The lowest BCUT2D eigenvalue weighted by Crippen LogP contribution is -2.48. The molecule has 2 aromatic rings. The van der Waals surface area contributed by atoms with Gasteiger partial charge in [0.15, 0.2) is 9.84 Å². The summed E-state index contributed by atoms with van der Waals surface area (Å²) < 4.78 is 25.2. The van der Waals surface area contributed by atoms with Gasteiger partial charge < -0.3 is 4.90 Å². The van der Waals surface area contributed by atoms with Gasteiger partial charge in [-0.05, 0) is 31.9 Å². The fraction of sp³-hybridized carbons (Fsp3) is 0.500. The van der Waals surface area contributed by atoms with Crippen molar-refractivity contribution >= 4 is 26.6 Å². The number of carbonyl (C=O) groups is 1. The topological polar surface area (TPSA) is 89.3 Å². The first kappa shape index (κ1) is 18.6. The highest BCUT2D eigenvalue weighted by Gasteiger charge is 2.36. The van der Waals surface area contributed by atoms with E-state index in [9.17, 15) is 18.0 Å². The molecule has 0 bridgehead atoms. The third kappa shape index (κ3) is 3.65. The van der Waals surface area contributed by atoms with Crippen LogP contribution in [0.25, 0.3) is 10.9 Å². The lowest BCUT2D eigenvalue weighted by Gasteiger charge is -2.34. The summed E-state index contributed by atoms with van der Waals surface area (Å²) in [4.78, 5) is 26.7. The molecule has 1 aromatic carbocycles. The first-order valence-corrected chi connectivity index (χ1v) is 10.6. The van der Waals surface area contributed by atoms with Crippen LogP contribution < -0.4 is 5.43 Å². The highest BCUT2D eigenvalue weighted by Crippen LogP contribution is 2.22. The number of amides is 1. The Kier molecular flexibility index (Phi) is 5.13. The monoisotopic (exact) mass is 377 g/mol. The van der Waals surface area contributed by atoms with E-state index in [0.29, 0.717) is 17.3 Å². The predicted octanol–water partition coefficient (Wildman–Crippen LogP) is 1.21. The second-order valence-electron chi connectivity index (χ2n) is 6.80. The van der Waals surface area contributed by atoms with Crippen molar-refractivity contribution in [1.29, 1.82) is 0 Å². The number of rotatable bonds is 5. The van der Waals surface area contributed by atoms with Crippen molar-refractivity contribution in [3.63, 3.8) is 0 Å². The average molecular weight is 377 g/mol. The van der Waals surface area contributed by atoms with Crippen LogP contribution in [0.5, 0.6) is 0 Å². The number of hydrogen-bond acceptors (Lipinski definition) is 5. The fourth-order valence-electron chi connectivity index (χ4n) is 3.50. The van der Waals surface area contributed by atoms with Gasteiger partial charge in [-0.25, -0.2) is 8.42 Å². The van der Waals surface area contributed by atoms with Gasteiger partial charge in [0, 0.05) is 17.5 Å². The van der Waals surface area contributed by atoms with E-state index in [1.165, 1.54) is 10.9 Å².